The molecule has 3 aromatic carbocycles. The number of pyridine rings is 1. The molecule has 0 amide bonds. The molecule has 2 aromatic heterocycles. The summed E-state index contributed by atoms with van der Waals surface area (Å²) in [7, 11) is 0. The fraction of sp³-hybridized carbons (Fsp3) is 0.281. The lowest BCUT2D eigenvalue weighted by Gasteiger charge is -2.28. The number of halogens is 2. The van der Waals surface area contributed by atoms with Crippen molar-refractivity contribution in [1.82, 2.24) is 19.4 Å². The fourth-order valence-corrected chi connectivity index (χ4v) is 5.27. The largest absolute Gasteiger partial charge is 0.478 e. The molecular formula is C32H30ClFN4O4. The van der Waals surface area contributed by atoms with Crippen LogP contribution in [0.15, 0.2) is 66.7 Å². The van der Waals surface area contributed by atoms with Crippen molar-refractivity contribution in [3.8, 4) is 5.88 Å². The molecule has 42 heavy (non-hydrogen) atoms. The third-order valence-electron chi connectivity index (χ3n) is 7.59. The lowest BCUT2D eigenvalue weighted by molar-refractivity contribution is -0.0592. The van der Waals surface area contributed by atoms with Gasteiger partial charge in [0.05, 0.1) is 41.3 Å². The molecule has 3 heterocycles. The monoisotopic (exact) mass is 588 g/mol. The van der Waals surface area contributed by atoms with Gasteiger partial charge in [-0.05, 0) is 61.0 Å². The second kappa shape index (κ2) is 12.1. The zero-order valence-electron chi connectivity index (χ0n) is 23.1. The minimum Gasteiger partial charge on any atom is -0.478 e. The lowest BCUT2D eigenvalue weighted by Crippen LogP contribution is -2.32. The Morgan fingerprint density at radius 1 is 1.10 bits per heavy atom. The normalized spacial score (nSPS) is 14.9. The molecule has 1 fully saturated rings. The van der Waals surface area contributed by atoms with Crippen molar-refractivity contribution in [2.75, 3.05) is 13.2 Å². The number of nitrogens with zero attached hydrogens (tertiary/aromatic N) is 4. The number of carboxylic acid groups (broad SMARTS) is 1. The smallest absolute Gasteiger partial charge is 0.335 e. The van der Waals surface area contributed by atoms with Gasteiger partial charge in [0.15, 0.2) is 0 Å². The zero-order valence-corrected chi connectivity index (χ0v) is 23.9. The molecule has 1 N–H and O–H groups in total. The summed E-state index contributed by atoms with van der Waals surface area (Å²) in [4.78, 5) is 23.4. The Labute approximate surface area is 247 Å². The Bertz CT molecular complexity index is 1770. The quantitative estimate of drug-likeness (QED) is 0.189. The maximum Gasteiger partial charge on any atom is 0.335 e. The van der Waals surface area contributed by atoms with Crippen LogP contribution in [0.5, 0.6) is 5.88 Å². The van der Waals surface area contributed by atoms with Crippen LogP contribution < -0.4 is 4.74 Å². The Morgan fingerprint density at radius 3 is 2.67 bits per heavy atom. The summed E-state index contributed by atoms with van der Waals surface area (Å²) < 4.78 is 27.8. The molecule has 1 aliphatic rings. The summed E-state index contributed by atoms with van der Waals surface area (Å²) >= 11 is 5.85. The second-order valence-corrected chi connectivity index (χ2v) is 10.9. The number of imidazole rings is 1. The minimum atomic E-state index is -0.961. The first-order valence-corrected chi connectivity index (χ1v) is 14.3. The molecular weight excluding hydrogens is 559 g/mol. The van der Waals surface area contributed by atoms with Gasteiger partial charge in [-0.1, -0.05) is 36.7 Å². The highest BCUT2D eigenvalue weighted by Gasteiger charge is 2.23. The Balaban J connectivity index is 1.21. The number of aromatic nitrogens is 3. The van der Waals surface area contributed by atoms with E-state index < -0.39 is 11.8 Å². The van der Waals surface area contributed by atoms with Crippen molar-refractivity contribution >= 4 is 39.5 Å². The van der Waals surface area contributed by atoms with E-state index in [1.165, 1.54) is 6.07 Å². The molecule has 1 aliphatic heterocycles. The van der Waals surface area contributed by atoms with Crippen molar-refractivity contribution in [1.29, 1.82) is 0 Å². The predicted octanol–water partition coefficient (Wildman–Crippen LogP) is 6.47. The van der Waals surface area contributed by atoms with Crippen molar-refractivity contribution in [2.45, 2.75) is 45.7 Å². The molecule has 5 aromatic rings. The van der Waals surface area contributed by atoms with Gasteiger partial charge in [0, 0.05) is 35.2 Å². The predicted molar refractivity (Wildman–Crippen MR) is 158 cm³/mol. The van der Waals surface area contributed by atoms with E-state index in [-0.39, 0.29) is 18.3 Å². The van der Waals surface area contributed by atoms with Crippen LogP contribution in [0.2, 0.25) is 5.02 Å². The highest BCUT2D eigenvalue weighted by Crippen LogP contribution is 2.25. The third-order valence-corrected chi connectivity index (χ3v) is 7.83. The van der Waals surface area contributed by atoms with Crippen LogP contribution in [0.1, 0.15) is 40.7 Å². The topological polar surface area (TPSA) is 89.7 Å². The van der Waals surface area contributed by atoms with E-state index in [9.17, 15) is 14.3 Å². The molecule has 0 aliphatic carbocycles. The van der Waals surface area contributed by atoms with Crippen LogP contribution in [0.25, 0.3) is 21.9 Å². The highest BCUT2D eigenvalue weighted by molar-refractivity contribution is 6.30. The fourth-order valence-electron chi connectivity index (χ4n) is 5.11. The molecule has 10 heteroatoms. The van der Waals surface area contributed by atoms with Crippen molar-refractivity contribution in [3.63, 3.8) is 0 Å². The number of carboxylic acids is 1. The number of hydrogen-bond acceptors (Lipinski definition) is 6. The molecule has 6 rings (SSSR count). The molecule has 1 saturated heterocycles. The van der Waals surface area contributed by atoms with E-state index in [1.807, 2.05) is 18.2 Å². The number of rotatable bonds is 11. The molecule has 0 spiro atoms. The van der Waals surface area contributed by atoms with E-state index in [4.69, 9.17) is 26.1 Å². The van der Waals surface area contributed by atoms with Gasteiger partial charge in [0.2, 0.25) is 5.88 Å². The van der Waals surface area contributed by atoms with Gasteiger partial charge in [-0.25, -0.2) is 19.2 Å². The van der Waals surface area contributed by atoms with Gasteiger partial charge in [0.25, 0.3) is 0 Å². The molecule has 0 bridgehead atoms. The number of carbonyl (C=O) groups is 1. The molecule has 1 atom stereocenters. The first-order chi connectivity index (χ1) is 20.4. The SMILES string of the molecule is CCN(Cc1ccc2ccc(OCc3ccc(Cl)cc3F)nc2c1)Cc1nc2ccc(C(=O)O)cc2n1C[C@@H]1CCO1. The van der Waals surface area contributed by atoms with E-state index in [0.29, 0.717) is 36.1 Å². The van der Waals surface area contributed by atoms with E-state index >= 15 is 0 Å². The maximum absolute atomic E-state index is 14.2. The van der Waals surface area contributed by atoms with Crippen molar-refractivity contribution < 1.29 is 23.8 Å². The second-order valence-electron chi connectivity index (χ2n) is 10.4. The number of aromatic carboxylic acids is 1. The number of hydrogen-bond donors (Lipinski definition) is 1. The van der Waals surface area contributed by atoms with Gasteiger partial charge in [0.1, 0.15) is 18.2 Å². The van der Waals surface area contributed by atoms with Gasteiger partial charge < -0.3 is 19.1 Å². The molecule has 0 unspecified atom stereocenters. The van der Waals surface area contributed by atoms with Crippen LogP contribution in [0, 0.1) is 5.82 Å². The zero-order chi connectivity index (χ0) is 29.2. The molecule has 0 saturated carbocycles. The Morgan fingerprint density at radius 2 is 1.93 bits per heavy atom. The lowest BCUT2D eigenvalue weighted by atomic mass is 10.1. The number of ether oxygens (including phenoxy) is 2. The van der Waals surface area contributed by atoms with Crippen molar-refractivity contribution in [2.24, 2.45) is 0 Å². The van der Waals surface area contributed by atoms with E-state index in [0.717, 1.165) is 52.9 Å². The molecule has 8 nitrogen and oxygen atoms in total. The van der Waals surface area contributed by atoms with Crippen molar-refractivity contribution in [3.05, 3.63) is 100 Å². The molecule has 0 radical (unpaired) electrons. The summed E-state index contributed by atoms with van der Waals surface area (Å²) in [5, 5.41) is 10.8. The summed E-state index contributed by atoms with van der Waals surface area (Å²) in [6, 6.07) is 19.4. The Hall–Kier alpha value is -4.05. The van der Waals surface area contributed by atoms with Gasteiger partial charge in [-0.15, -0.1) is 0 Å². The summed E-state index contributed by atoms with van der Waals surface area (Å²) in [6.07, 6.45) is 1.07. The molecule has 216 valence electrons. The first kappa shape index (κ1) is 28.1. The van der Waals surface area contributed by atoms with Crippen LogP contribution in [0.4, 0.5) is 4.39 Å². The van der Waals surface area contributed by atoms with Gasteiger partial charge in [-0.3, -0.25) is 4.90 Å². The standard InChI is InChI=1S/C32H30ClFN4O4/c1-2-37(18-30-35-27-9-6-22(32(39)40)14-29(27)38(30)17-25-11-12-41-25)16-20-3-4-21-7-10-31(36-28(21)13-20)42-19-23-5-8-24(33)15-26(23)34/h3-10,13-15,25H,2,11-12,16-19H2,1H3,(H,39,40)/t25-/m0/s1. The van der Waals surface area contributed by atoms with Gasteiger partial charge >= 0.3 is 5.97 Å². The summed E-state index contributed by atoms with van der Waals surface area (Å²) in [6.45, 7) is 5.56. The Kier molecular flexibility index (Phi) is 8.06. The average Bonchev–Trinajstić information content (AvgIpc) is 3.29. The van der Waals surface area contributed by atoms with Crippen LogP contribution in [-0.2, 0) is 31.0 Å². The van der Waals surface area contributed by atoms with Gasteiger partial charge in [-0.2, -0.15) is 0 Å². The first-order valence-electron chi connectivity index (χ1n) is 13.9. The summed E-state index contributed by atoms with van der Waals surface area (Å²) in [5.41, 5.74) is 4.08. The third kappa shape index (κ3) is 6.09. The highest BCUT2D eigenvalue weighted by atomic mass is 35.5. The van der Waals surface area contributed by atoms with Crippen LogP contribution in [0.3, 0.4) is 0 Å². The van der Waals surface area contributed by atoms with Crippen LogP contribution >= 0.6 is 11.6 Å². The number of benzene rings is 3. The summed E-state index contributed by atoms with van der Waals surface area (Å²) in [5.74, 6) is -0.0962. The van der Waals surface area contributed by atoms with E-state index in [2.05, 4.69) is 27.4 Å². The maximum atomic E-state index is 14.2. The number of fused-ring (bicyclic) bond motifs is 2. The van der Waals surface area contributed by atoms with E-state index in [1.54, 1.807) is 36.4 Å². The van der Waals surface area contributed by atoms with Crippen LogP contribution in [-0.4, -0.2) is 49.8 Å². The minimum absolute atomic E-state index is 0.0473. The average molecular weight is 589 g/mol.